The highest BCUT2D eigenvalue weighted by Gasteiger charge is 2.28. The van der Waals surface area contributed by atoms with E-state index in [0.29, 0.717) is 63.9 Å². The SMILES string of the molecule is O=S(=O)(c1ccc(N2CCOCC2)c(NC(=S)NN=Cc2ccc(OC(F)F)cc2)c1)N1CCOCC1. The summed E-state index contributed by atoms with van der Waals surface area (Å²) < 4.78 is 67.5. The van der Waals surface area contributed by atoms with E-state index in [0.717, 1.165) is 5.69 Å². The highest BCUT2D eigenvalue weighted by molar-refractivity contribution is 7.89. The molecule has 0 saturated carbocycles. The Morgan fingerprint density at radius 3 is 2.32 bits per heavy atom. The molecule has 37 heavy (non-hydrogen) atoms. The Balaban J connectivity index is 1.48. The fourth-order valence-electron chi connectivity index (χ4n) is 3.84. The number of thiocarbonyl (C=S) groups is 1. The zero-order chi connectivity index (χ0) is 26.3. The molecule has 4 rings (SSSR count). The van der Waals surface area contributed by atoms with Gasteiger partial charge in [0.1, 0.15) is 5.75 Å². The molecule has 0 atom stereocenters. The van der Waals surface area contributed by atoms with Gasteiger partial charge in [0, 0.05) is 26.2 Å². The summed E-state index contributed by atoms with van der Waals surface area (Å²) in [6.07, 6.45) is 1.46. The van der Waals surface area contributed by atoms with Crippen molar-refractivity contribution in [2.45, 2.75) is 11.5 Å². The van der Waals surface area contributed by atoms with Crippen molar-refractivity contribution < 1.29 is 31.4 Å². The first kappa shape index (κ1) is 27.1. The molecular weight excluding hydrogens is 528 g/mol. The molecule has 2 fully saturated rings. The van der Waals surface area contributed by atoms with Crippen LogP contribution in [0.5, 0.6) is 5.75 Å². The molecule has 2 saturated heterocycles. The lowest BCUT2D eigenvalue weighted by molar-refractivity contribution is -0.0498. The van der Waals surface area contributed by atoms with Crippen molar-refractivity contribution in [1.82, 2.24) is 9.73 Å². The minimum atomic E-state index is -3.71. The third-order valence-electron chi connectivity index (χ3n) is 5.66. The first-order valence-corrected chi connectivity index (χ1v) is 13.4. The van der Waals surface area contributed by atoms with E-state index in [4.69, 9.17) is 21.7 Å². The minimum absolute atomic E-state index is 0.0415. The molecule has 0 aliphatic carbocycles. The maximum Gasteiger partial charge on any atom is 0.387 e. The average Bonchev–Trinajstić information content (AvgIpc) is 2.90. The lowest BCUT2D eigenvalue weighted by Crippen LogP contribution is -2.40. The summed E-state index contributed by atoms with van der Waals surface area (Å²) in [6, 6.07) is 10.9. The van der Waals surface area contributed by atoms with Gasteiger partial charge in [-0.25, -0.2) is 8.42 Å². The Hall–Kier alpha value is -2.91. The van der Waals surface area contributed by atoms with Crippen molar-refractivity contribution in [3.05, 3.63) is 48.0 Å². The number of halogens is 2. The molecule has 14 heteroatoms. The second-order valence-corrected chi connectivity index (χ2v) is 10.4. The summed E-state index contributed by atoms with van der Waals surface area (Å²) in [5.41, 5.74) is 4.62. The van der Waals surface area contributed by atoms with E-state index in [1.165, 1.54) is 22.7 Å². The van der Waals surface area contributed by atoms with Crippen molar-refractivity contribution in [1.29, 1.82) is 0 Å². The Bertz CT molecular complexity index is 1200. The predicted molar refractivity (Wildman–Crippen MR) is 139 cm³/mol. The van der Waals surface area contributed by atoms with E-state index in [9.17, 15) is 17.2 Å². The minimum Gasteiger partial charge on any atom is -0.435 e. The largest absolute Gasteiger partial charge is 0.435 e. The van der Waals surface area contributed by atoms with Crippen LogP contribution < -0.4 is 20.4 Å². The Kier molecular flexibility index (Phi) is 9.21. The van der Waals surface area contributed by atoms with E-state index >= 15 is 0 Å². The van der Waals surface area contributed by atoms with Crippen LogP contribution in [0.15, 0.2) is 52.5 Å². The Labute approximate surface area is 219 Å². The van der Waals surface area contributed by atoms with Gasteiger partial charge in [-0.1, -0.05) is 0 Å². The van der Waals surface area contributed by atoms with Crippen molar-refractivity contribution in [2.75, 3.05) is 62.8 Å². The quantitative estimate of drug-likeness (QED) is 0.289. The third kappa shape index (κ3) is 7.32. The number of nitrogens with zero attached hydrogens (tertiary/aromatic N) is 3. The lowest BCUT2D eigenvalue weighted by Gasteiger charge is -2.31. The molecular formula is C23H27F2N5O5S2. The van der Waals surface area contributed by atoms with E-state index in [1.54, 1.807) is 30.3 Å². The van der Waals surface area contributed by atoms with Gasteiger partial charge in [0.15, 0.2) is 5.11 Å². The third-order valence-corrected chi connectivity index (χ3v) is 7.75. The highest BCUT2D eigenvalue weighted by Crippen LogP contribution is 2.31. The molecule has 0 radical (unpaired) electrons. The number of nitrogens with one attached hydrogen (secondary N) is 2. The van der Waals surface area contributed by atoms with E-state index in [2.05, 4.69) is 25.5 Å². The van der Waals surface area contributed by atoms with Crippen LogP contribution >= 0.6 is 12.2 Å². The van der Waals surface area contributed by atoms with Crippen LogP contribution in [0, 0.1) is 0 Å². The van der Waals surface area contributed by atoms with Gasteiger partial charge in [-0.15, -0.1) is 0 Å². The molecule has 0 amide bonds. The van der Waals surface area contributed by atoms with Crippen LogP contribution in [-0.4, -0.2) is 83.3 Å². The summed E-state index contributed by atoms with van der Waals surface area (Å²) in [5, 5.41) is 7.27. The van der Waals surface area contributed by atoms with Crippen LogP contribution in [0.25, 0.3) is 0 Å². The number of sulfonamides is 1. The zero-order valence-electron chi connectivity index (χ0n) is 19.8. The molecule has 200 valence electrons. The van der Waals surface area contributed by atoms with Gasteiger partial charge < -0.3 is 24.4 Å². The topological polar surface area (TPSA) is 105 Å². The van der Waals surface area contributed by atoms with Crippen molar-refractivity contribution in [3.8, 4) is 5.75 Å². The van der Waals surface area contributed by atoms with Gasteiger partial charge in [0.2, 0.25) is 10.0 Å². The number of alkyl halides is 2. The molecule has 2 aliphatic heterocycles. The number of ether oxygens (including phenoxy) is 3. The zero-order valence-corrected chi connectivity index (χ0v) is 21.4. The van der Waals surface area contributed by atoms with E-state index in [-0.39, 0.29) is 15.8 Å². The Morgan fingerprint density at radius 2 is 1.68 bits per heavy atom. The van der Waals surface area contributed by atoms with Gasteiger partial charge >= 0.3 is 6.61 Å². The van der Waals surface area contributed by atoms with Gasteiger partial charge in [0.05, 0.1) is 48.9 Å². The summed E-state index contributed by atoms with van der Waals surface area (Å²) >= 11 is 5.38. The fraction of sp³-hybridized carbons (Fsp3) is 0.391. The number of hydrazone groups is 1. The summed E-state index contributed by atoms with van der Waals surface area (Å²) in [6.45, 7) is 0.800. The maximum absolute atomic E-state index is 13.2. The van der Waals surface area contributed by atoms with E-state index in [1.807, 2.05) is 0 Å². The van der Waals surface area contributed by atoms with Crippen LogP contribution in [0.1, 0.15) is 5.56 Å². The normalized spacial score (nSPS) is 17.2. The second kappa shape index (κ2) is 12.6. The molecule has 2 N–H and O–H groups in total. The Morgan fingerprint density at radius 1 is 1.03 bits per heavy atom. The lowest BCUT2D eigenvalue weighted by atomic mass is 10.2. The molecule has 0 aromatic heterocycles. The molecule has 2 aromatic rings. The summed E-state index contributed by atoms with van der Waals surface area (Å²) in [4.78, 5) is 2.23. The predicted octanol–water partition coefficient (Wildman–Crippen LogP) is 2.47. The standard InChI is InChI=1S/C23H27F2N5O5S2/c24-22(25)35-18-3-1-17(2-4-18)16-26-28-23(36)27-20-15-19(37(31,32)30-9-13-34-14-10-30)5-6-21(20)29-7-11-33-12-8-29/h1-6,15-16,22H,7-14H2,(H2,27,28,36). The van der Waals surface area contributed by atoms with Gasteiger partial charge in [0.25, 0.3) is 0 Å². The van der Waals surface area contributed by atoms with Crippen LogP contribution in [0.3, 0.4) is 0 Å². The first-order valence-electron chi connectivity index (χ1n) is 11.5. The summed E-state index contributed by atoms with van der Waals surface area (Å²) in [5.74, 6) is 0.0415. The number of hydrogen-bond acceptors (Lipinski definition) is 8. The number of anilines is 2. The van der Waals surface area contributed by atoms with Crippen molar-refractivity contribution in [3.63, 3.8) is 0 Å². The summed E-state index contributed by atoms with van der Waals surface area (Å²) in [7, 11) is -3.71. The van der Waals surface area contributed by atoms with Crippen LogP contribution in [0.4, 0.5) is 20.2 Å². The smallest absolute Gasteiger partial charge is 0.387 e. The molecule has 2 aromatic carbocycles. The molecule has 10 nitrogen and oxygen atoms in total. The fourth-order valence-corrected chi connectivity index (χ4v) is 5.44. The number of hydrogen-bond donors (Lipinski definition) is 2. The van der Waals surface area contributed by atoms with Gasteiger partial charge in [-0.05, 0) is 60.2 Å². The molecule has 0 bridgehead atoms. The number of benzene rings is 2. The average molecular weight is 556 g/mol. The van der Waals surface area contributed by atoms with Gasteiger partial charge in [-0.3, -0.25) is 5.43 Å². The van der Waals surface area contributed by atoms with Crippen molar-refractivity contribution >= 4 is 44.9 Å². The second-order valence-electron chi connectivity index (χ2n) is 8.07. The monoisotopic (exact) mass is 555 g/mol. The first-order chi connectivity index (χ1) is 17.8. The molecule has 2 aliphatic rings. The highest BCUT2D eigenvalue weighted by atomic mass is 32.2. The molecule has 2 heterocycles. The molecule has 0 spiro atoms. The molecule has 0 unspecified atom stereocenters. The number of morpholine rings is 2. The van der Waals surface area contributed by atoms with Crippen LogP contribution in [0.2, 0.25) is 0 Å². The van der Waals surface area contributed by atoms with Gasteiger partial charge in [-0.2, -0.15) is 18.2 Å². The van der Waals surface area contributed by atoms with Crippen LogP contribution in [-0.2, 0) is 19.5 Å². The maximum atomic E-state index is 13.2. The van der Waals surface area contributed by atoms with E-state index < -0.39 is 16.6 Å². The van der Waals surface area contributed by atoms with Crippen molar-refractivity contribution in [2.24, 2.45) is 5.10 Å². The number of rotatable bonds is 8.